The minimum Gasteiger partial charge on any atom is -0.386 e. The van der Waals surface area contributed by atoms with Gasteiger partial charge in [-0.3, -0.25) is 4.68 Å². The summed E-state index contributed by atoms with van der Waals surface area (Å²) in [6.45, 7) is 6.84. The summed E-state index contributed by atoms with van der Waals surface area (Å²) in [4.78, 5) is 0. The Bertz CT molecular complexity index is 531. The van der Waals surface area contributed by atoms with Crippen LogP contribution in [-0.2, 0) is 13.0 Å². The Morgan fingerprint density at radius 2 is 2.06 bits per heavy atom. The highest BCUT2D eigenvalue weighted by molar-refractivity contribution is 5.24. The summed E-state index contributed by atoms with van der Waals surface area (Å²) in [7, 11) is 0. The van der Waals surface area contributed by atoms with Crippen LogP contribution in [0.15, 0.2) is 30.3 Å². The first-order valence-electron chi connectivity index (χ1n) is 6.38. The number of hydrogen-bond acceptors (Lipinski definition) is 2. The highest BCUT2D eigenvalue weighted by atomic mass is 16.3. The lowest BCUT2D eigenvalue weighted by molar-refractivity contribution is 0.167. The van der Waals surface area contributed by atoms with Gasteiger partial charge in [0.1, 0.15) is 0 Å². The van der Waals surface area contributed by atoms with Crippen LogP contribution in [0.5, 0.6) is 0 Å². The van der Waals surface area contributed by atoms with Crippen LogP contribution < -0.4 is 0 Å². The Morgan fingerprint density at radius 1 is 1.28 bits per heavy atom. The van der Waals surface area contributed by atoms with E-state index in [9.17, 15) is 5.11 Å². The Hall–Kier alpha value is -1.61. The molecule has 1 N–H and O–H groups in total. The third kappa shape index (κ3) is 2.79. The number of aliphatic hydroxyl groups excluding tert-OH is 1. The maximum Gasteiger partial charge on any atom is 0.0996 e. The second-order valence-corrected chi connectivity index (χ2v) is 4.74. The minimum atomic E-state index is -0.493. The Morgan fingerprint density at radius 3 is 2.72 bits per heavy atom. The summed E-state index contributed by atoms with van der Waals surface area (Å²) in [6, 6.07) is 10.2. The van der Waals surface area contributed by atoms with Crippen LogP contribution >= 0.6 is 0 Å². The number of aromatic nitrogens is 2. The van der Waals surface area contributed by atoms with Gasteiger partial charge in [-0.15, -0.1) is 0 Å². The molecule has 2 rings (SSSR count). The molecule has 1 heterocycles. The van der Waals surface area contributed by atoms with E-state index in [-0.39, 0.29) is 0 Å². The largest absolute Gasteiger partial charge is 0.386 e. The van der Waals surface area contributed by atoms with Crippen LogP contribution in [0.1, 0.15) is 35.5 Å². The first-order chi connectivity index (χ1) is 8.60. The van der Waals surface area contributed by atoms with E-state index in [1.165, 1.54) is 5.56 Å². The Labute approximate surface area is 108 Å². The van der Waals surface area contributed by atoms with Crippen molar-refractivity contribution in [3.8, 4) is 0 Å². The van der Waals surface area contributed by atoms with E-state index in [2.05, 4.69) is 30.2 Å². The van der Waals surface area contributed by atoms with Crippen molar-refractivity contribution in [3.63, 3.8) is 0 Å². The topological polar surface area (TPSA) is 38.0 Å². The van der Waals surface area contributed by atoms with Crippen molar-refractivity contribution in [1.82, 2.24) is 9.78 Å². The minimum absolute atomic E-state index is 0.493. The van der Waals surface area contributed by atoms with Gasteiger partial charge in [-0.2, -0.15) is 5.10 Å². The number of aliphatic hydroxyl groups is 1. The number of hydrogen-bond donors (Lipinski definition) is 1. The summed E-state index contributed by atoms with van der Waals surface area (Å²) < 4.78 is 1.87. The lowest BCUT2D eigenvalue weighted by Crippen LogP contribution is -2.10. The molecule has 0 saturated heterocycles. The van der Waals surface area contributed by atoms with E-state index >= 15 is 0 Å². The summed E-state index contributed by atoms with van der Waals surface area (Å²) in [5.41, 5.74) is 4.23. The van der Waals surface area contributed by atoms with Crippen LogP contribution in [0.25, 0.3) is 0 Å². The van der Waals surface area contributed by atoms with Crippen molar-refractivity contribution in [2.45, 2.75) is 39.8 Å². The van der Waals surface area contributed by atoms with Gasteiger partial charge in [0.25, 0.3) is 0 Å². The van der Waals surface area contributed by atoms with Crippen LogP contribution in [0, 0.1) is 13.8 Å². The molecule has 0 bridgehead atoms. The molecule has 1 aromatic carbocycles. The lowest BCUT2D eigenvalue weighted by Gasteiger charge is -2.12. The summed E-state index contributed by atoms with van der Waals surface area (Å²) in [5.74, 6) is 0. The number of aryl methyl sites for hydroxylation is 3. The Kier molecular flexibility index (Phi) is 3.82. The summed E-state index contributed by atoms with van der Waals surface area (Å²) in [5, 5.41) is 14.7. The van der Waals surface area contributed by atoms with Gasteiger partial charge in [0, 0.05) is 13.0 Å². The van der Waals surface area contributed by atoms with Gasteiger partial charge in [0.05, 0.1) is 17.5 Å². The summed E-state index contributed by atoms with van der Waals surface area (Å²) >= 11 is 0. The fourth-order valence-electron chi connectivity index (χ4n) is 2.25. The maximum atomic E-state index is 10.3. The second kappa shape index (κ2) is 5.36. The molecular weight excluding hydrogens is 224 g/mol. The fourth-order valence-corrected chi connectivity index (χ4v) is 2.25. The van der Waals surface area contributed by atoms with Crippen molar-refractivity contribution in [2.75, 3.05) is 0 Å². The molecular formula is C15H20N2O. The van der Waals surface area contributed by atoms with E-state index in [1.807, 2.05) is 30.7 Å². The molecule has 18 heavy (non-hydrogen) atoms. The SMILES string of the molecule is CCn1nc(C)cc1C(O)Cc1cccc(C)c1. The van der Waals surface area contributed by atoms with Crippen molar-refractivity contribution >= 4 is 0 Å². The molecule has 3 nitrogen and oxygen atoms in total. The van der Waals surface area contributed by atoms with E-state index in [0.29, 0.717) is 6.42 Å². The molecule has 0 fully saturated rings. The average Bonchev–Trinajstić information content (AvgIpc) is 2.70. The van der Waals surface area contributed by atoms with Crippen LogP contribution in [-0.4, -0.2) is 14.9 Å². The zero-order valence-electron chi connectivity index (χ0n) is 11.2. The third-order valence-corrected chi connectivity index (χ3v) is 3.09. The van der Waals surface area contributed by atoms with E-state index in [1.54, 1.807) is 0 Å². The van der Waals surface area contributed by atoms with Gasteiger partial charge in [0.2, 0.25) is 0 Å². The predicted molar refractivity (Wildman–Crippen MR) is 72.5 cm³/mol. The summed E-state index contributed by atoms with van der Waals surface area (Å²) in [6.07, 6.45) is 0.139. The van der Waals surface area contributed by atoms with Crippen molar-refractivity contribution in [1.29, 1.82) is 0 Å². The van der Waals surface area contributed by atoms with Gasteiger partial charge in [-0.05, 0) is 32.4 Å². The van der Waals surface area contributed by atoms with Crippen LogP contribution in [0.3, 0.4) is 0 Å². The normalized spacial score (nSPS) is 12.7. The molecule has 2 aromatic rings. The van der Waals surface area contributed by atoms with Crippen molar-refractivity contribution in [3.05, 3.63) is 52.8 Å². The van der Waals surface area contributed by atoms with E-state index in [4.69, 9.17) is 0 Å². The molecule has 0 saturated carbocycles. The highest BCUT2D eigenvalue weighted by Crippen LogP contribution is 2.20. The fraction of sp³-hybridized carbons (Fsp3) is 0.400. The smallest absolute Gasteiger partial charge is 0.0996 e. The predicted octanol–water partition coefficient (Wildman–Crippen LogP) is 2.80. The van der Waals surface area contributed by atoms with Crippen molar-refractivity contribution < 1.29 is 5.11 Å². The van der Waals surface area contributed by atoms with Gasteiger partial charge < -0.3 is 5.11 Å². The van der Waals surface area contributed by atoms with Crippen molar-refractivity contribution in [2.24, 2.45) is 0 Å². The standard InChI is InChI=1S/C15H20N2O/c1-4-17-14(9-12(3)16-17)15(18)10-13-7-5-6-11(2)8-13/h5-9,15,18H,4,10H2,1-3H3. The highest BCUT2D eigenvalue weighted by Gasteiger charge is 2.14. The molecule has 3 heteroatoms. The maximum absolute atomic E-state index is 10.3. The Balaban J connectivity index is 2.18. The van der Waals surface area contributed by atoms with Gasteiger partial charge >= 0.3 is 0 Å². The quantitative estimate of drug-likeness (QED) is 0.898. The number of rotatable bonds is 4. The first kappa shape index (κ1) is 12.8. The van der Waals surface area contributed by atoms with E-state index < -0.39 is 6.10 Å². The van der Waals surface area contributed by atoms with Gasteiger partial charge in [-0.1, -0.05) is 29.8 Å². The average molecular weight is 244 g/mol. The number of nitrogens with zero attached hydrogens (tertiary/aromatic N) is 2. The first-order valence-corrected chi connectivity index (χ1v) is 6.38. The molecule has 1 atom stereocenters. The molecule has 0 aliphatic rings. The third-order valence-electron chi connectivity index (χ3n) is 3.09. The van der Waals surface area contributed by atoms with Gasteiger partial charge in [0.15, 0.2) is 0 Å². The molecule has 0 aliphatic carbocycles. The molecule has 0 aliphatic heterocycles. The van der Waals surface area contributed by atoms with Crippen LogP contribution in [0.2, 0.25) is 0 Å². The molecule has 96 valence electrons. The molecule has 0 spiro atoms. The molecule has 1 unspecified atom stereocenters. The molecule has 0 amide bonds. The monoisotopic (exact) mass is 244 g/mol. The molecule has 1 aromatic heterocycles. The zero-order chi connectivity index (χ0) is 13.1. The lowest BCUT2D eigenvalue weighted by atomic mass is 10.0. The van der Waals surface area contributed by atoms with Gasteiger partial charge in [-0.25, -0.2) is 0 Å². The van der Waals surface area contributed by atoms with E-state index in [0.717, 1.165) is 23.5 Å². The zero-order valence-corrected chi connectivity index (χ0v) is 11.2. The van der Waals surface area contributed by atoms with Crippen LogP contribution in [0.4, 0.5) is 0 Å². The molecule has 0 radical (unpaired) electrons. The number of benzene rings is 1. The second-order valence-electron chi connectivity index (χ2n) is 4.74.